The second kappa shape index (κ2) is 7.09. The average molecular weight is 340 g/mol. The number of aryl methyl sites for hydroxylation is 1. The van der Waals surface area contributed by atoms with E-state index in [1.807, 2.05) is 49.4 Å². The van der Waals surface area contributed by atoms with Crippen molar-refractivity contribution >= 4 is 29.3 Å². The molecule has 0 saturated carbocycles. The van der Waals surface area contributed by atoms with Crippen LogP contribution in [0.3, 0.4) is 0 Å². The van der Waals surface area contributed by atoms with Gasteiger partial charge in [0.15, 0.2) is 0 Å². The van der Waals surface area contributed by atoms with Crippen molar-refractivity contribution in [3.63, 3.8) is 0 Å². The van der Waals surface area contributed by atoms with Gasteiger partial charge in [0.1, 0.15) is 0 Å². The van der Waals surface area contributed by atoms with Crippen LogP contribution < -0.4 is 5.32 Å². The van der Waals surface area contributed by atoms with Crippen molar-refractivity contribution in [2.45, 2.75) is 23.5 Å². The smallest absolute Gasteiger partial charge is 0.243 e. The van der Waals surface area contributed by atoms with E-state index >= 15 is 0 Å². The molecule has 0 aliphatic carbocycles. The molecule has 5 heteroatoms. The van der Waals surface area contributed by atoms with Crippen LogP contribution >= 0.6 is 11.8 Å². The SMILES string of the molecule is Cc1ccc(NC(=O)CN(C)C(=O)C2Cc3ccccc3S2)cc1. The van der Waals surface area contributed by atoms with Crippen LogP contribution in [0, 0.1) is 6.92 Å². The molecule has 2 amide bonds. The zero-order valence-electron chi connectivity index (χ0n) is 13.8. The predicted molar refractivity (Wildman–Crippen MR) is 97.2 cm³/mol. The maximum atomic E-state index is 12.6. The lowest BCUT2D eigenvalue weighted by Gasteiger charge is -2.20. The van der Waals surface area contributed by atoms with Gasteiger partial charge in [-0.25, -0.2) is 0 Å². The van der Waals surface area contributed by atoms with Crippen LogP contribution in [-0.2, 0) is 16.0 Å². The lowest BCUT2D eigenvalue weighted by atomic mass is 10.1. The van der Waals surface area contributed by atoms with Crippen molar-refractivity contribution < 1.29 is 9.59 Å². The Morgan fingerprint density at radius 1 is 1.17 bits per heavy atom. The minimum atomic E-state index is -0.185. The van der Waals surface area contributed by atoms with E-state index in [0.29, 0.717) is 0 Å². The van der Waals surface area contributed by atoms with Crippen molar-refractivity contribution in [1.82, 2.24) is 4.90 Å². The third-order valence-corrected chi connectivity index (χ3v) is 5.32. The highest BCUT2D eigenvalue weighted by atomic mass is 32.2. The summed E-state index contributed by atoms with van der Waals surface area (Å²) in [4.78, 5) is 27.4. The van der Waals surface area contributed by atoms with Crippen molar-refractivity contribution in [2.75, 3.05) is 18.9 Å². The molecular formula is C19H20N2O2S. The number of carbonyl (C=O) groups excluding carboxylic acids is 2. The molecule has 2 aromatic carbocycles. The van der Waals surface area contributed by atoms with Crippen LogP contribution in [0.4, 0.5) is 5.69 Å². The summed E-state index contributed by atoms with van der Waals surface area (Å²) >= 11 is 1.58. The number of hydrogen-bond donors (Lipinski definition) is 1. The van der Waals surface area contributed by atoms with Gasteiger partial charge in [-0.05, 0) is 37.1 Å². The minimum Gasteiger partial charge on any atom is -0.335 e. The zero-order chi connectivity index (χ0) is 17.1. The second-order valence-electron chi connectivity index (χ2n) is 6.03. The minimum absolute atomic E-state index is 0.00439. The Balaban J connectivity index is 1.55. The summed E-state index contributed by atoms with van der Waals surface area (Å²) in [5.41, 5.74) is 3.09. The van der Waals surface area contributed by atoms with Gasteiger partial charge >= 0.3 is 0 Å². The molecule has 1 aliphatic rings. The number of likely N-dealkylation sites (N-methyl/N-ethyl adjacent to an activating group) is 1. The number of thioether (sulfide) groups is 1. The molecule has 0 radical (unpaired) electrons. The first-order chi connectivity index (χ1) is 11.5. The molecule has 1 aliphatic heterocycles. The number of benzene rings is 2. The Hall–Kier alpha value is -2.27. The van der Waals surface area contributed by atoms with Crippen LogP contribution in [0.25, 0.3) is 0 Å². The van der Waals surface area contributed by atoms with Gasteiger partial charge in [0.2, 0.25) is 11.8 Å². The number of nitrogens with zero attached hydrogens (tertiary/aromatic N) is 1. The summed E-state index contributed by atoms with van der Waals surface area (Å²) in [6.07, 6.45) is 0.726. The van der Waals surface area contributed by atoms with Gasteiger partial charge in [0, 0.05) is 17.6 Å². The summed E-state index contributed by atoms with van der Waals surface area (Å²) < 4.78 is 0. The first-order valence-electron chi connectivity index (χ1n) is 7.89. The van der Waals surface area contributed by atoms with Crippen LogP contribution in [0.5, 0.6) is 0 Å². The second-order valence-corrected chi connectivity index (χ2v) is 7.27. The lowest BCUT2D eigenvalue weighted by Crippen LogP contribution is -2.39. The number of anilines is 1. The van der Waals surface area contributed by atoms with E-state index < -0.39 is 0 Å². The third-order valence-electron chi connectivity index (χ3n) is 4.01. The van der Waals surface area contributed by atoms with Crippen molar-refractivity contribution in [2.24, 2.45) is 0 Å². The molecule has 1 heterocycles. The Bertz CT molecular complexity index is 733. The molecule has 24 heavy (non-hydrogen) atoms. The number of hydrogen-bond acceptors (Lipinski definition) is 3. The largest absolute Gasteiger partial charge is 0.335 e. The van der Waals surface area contributed by atoms with Crippen LogP contribution in [0.15, 0.2) is 53.4 Å². The normalized spacial score (nSPS) is 15.7. The van der Waals surface area contributed by atoms with Crippen LogP contribution in [0.1, 0.15) is 11.1 Å². The Morgan fingerprint density at radius 3 is 2.58 bits per heavy atom. The Kier molecular flexibility index (Phi) is 4.90. The fraction of sp³-hybridized carbons (Fsp3) is 0.263. The molecule has 3 rings (SSSR count). The molecule has 0 fully saturated rings. The first-order valence-corrected chi connectivity index (χ1v) is 8.77. The standard InChI is InChI=1S/C19H20N2O2S/c1-13-7-9-15(10-8-13)20-18(22)12-21(2)19(23)17-11-14-5-3-4-6-16(14)24-17/h3-10,17H,11-12H2,1-2H3,(H,20,22). The topological polar surface area (TPSA) is 49.4 Å². The predicted octanol–water partition coefficient (Wildman–Crippen LogP) is 3.11. The first kappa shape index (κ1) is 16.6. The molecular weight excluding hydrogens is 320 g/mol. The summed E-state index contributed by atoms with van der Waals surface area (Å²) in [6.45, 7) is 2.05. The van der Waals surface area contributed by atoms with Gasteiger partial charge in [-0.2, -0.15) is 0 Å². The van der Waals surface area contributed by atoms with E-state index in [1.165, 1.54) is 10.5 Å². The van der Waals surface area contributed by atoms with E-state index in [2.05, 4.69) is 11.4 Å². The molecule has 0 spiro atoms. The lowest BCUT2D eigenvalue weighted by molar-refractivity contribution is -0.132. The molecule has 0 bridgehead atoms. The molecule has 1 atom stereocenters. The molecule has 1 unspecified atom stereocenters. The Labute approximate surface area is 146 Å². The van der Waals surface area contributed by atoms with E-state index in [-0.39, 0.29) is 23.6 Å². The van der Waals surface area contributed by atoms with E-state index in [9.17, 15) is 9.59 Å². The highest BCUT2D eigenvalue weighted by molar-refractivity contribution is 8.01. The highest BCUT2D eigenvalue weighted by Crippen LogP contribution is 2.37. The zero-order valence-corrected chi connectivity index (χ0v) is 14.6. The van der Waals surface area contributed by atoms with Crippen molar-refractivity contribution in [3.05, 3.63) is 59.7 Å². The summed E-state index contributed by atoms with van der Waals surface area (Å²) in [5, 5.41) is 2.68. The third kappa shape index (κ3) is 3.79. The van der Waals surface area contributed by atoms with E-state index in [0.717, 1.165) is 22.6 Å². The fourth-order valence-electron chi connectivity index (χ4n) is 2.70. The molecule has 1 N–H and O–H groups in total. The maximum Gasteiger partial charge on any atom is 0.243 e. The van der Waals surface area contributed by atoms with E-state index in [4.69, 9.17) is 0 Å². The molecule has 2 aromatic rings. The van der Waals surface area contributed by atoms with Gasteiger partial charge < -0.3 is 10.2 Å². The molecule has 0 saturated heterocycles. The fourth-order valence-corrected chi connectivity index (χ4v) is 4.01. The molecule has 124 valence electrons. The van der Waals surface area contributed by atoms with Gasteiger partial charge in [-0.1, -0.05) is 35.9 Å². The number of rotatable bonds is 4. The van der Waals surface area contributed by atoms with Crippen LogP contribution in [-0.4, -0.2) is 35.6 Å². The monoisotopic (exact) mass is 340 g/mol. The molecule has 0 aromatic heterocycles. The highest BCUT2D eigenvalue weighted by Gasteiger charge is 2.30. The number of fused-ring (bicyclic) bond motifs is 1. The van der Waals surface area contributed by atoms with E-state index in [1.54, 1.807) is 18.8 Å². The average Bonchev–Trinajstić information content (AvgIpc) is 3.00. The Morgan fingerprint density at radius 2 is 1.88 bits per heavy atom. The van der Waals surface area contributed by atoms with Crippen LogP contribution in [0.2, 0.25) is 0 Å². The van der Waals surface area contributed by atoms with Gasteiger partial charge in [-0.3, -0.25) is 9.59 Å². The van der Waals surface area contributed by atoms with Gasteiger partial charge in [0.25, 0.3) is 0 Å². The van der Waals surface area contributed by atoms with Gasteiger partial charge in [-0.15, -0.1) is 11.8 Å². The maximum absolute atomic E-state index is 12.6. The number of carbonyl (C=O) groups is 2. The van der Waals surface area contributed by atoms with Crippen molar-refractivity contribution in [1.29, 1.82) is 0 Å². The number of nitrogens with one attached hydrogen (secondary N) is 1. The quantitative estimate of drug-likeness (QED) is 0.930. The van der Waals surface area contributed by atoms with Gasteiger partial charge in [0.05, 0.1) is 11.8 Å². The summed E-state index contributed by atoms with van der Waals surface area (Å²) in [5.74, 6) is -0.189. The number of amides is 2. The molecule has 4 nitrogen and oxygen atoms in total. The summed E-state index contributed by atoms with van der Waals surface area (Å²) in [6, 6.07) is 15.7. The van der Waals surface area contributed by atoms with Crippen molar-refractivity contribution in [3.8, 4) is 0 Å². The summed E-state index contributed by atoms with van der Waals surface area (Å²) in [7, 11) is 1.68.